The Morgan fingerprint density at radius 3 is 2.53 bits per heavy atom. The quantitative estimate of drug-likeness (QED) is 0.754. The zero-order chi connectivity index (χ0) is 11.1. The van der Waals surface area contributed by atoms with Gasteiger partial charge in [0.1, 0.15) is 4.90 Å². The third-order valence-corrected chi connectivity index (χ3v) is 3.19. The summed E-state index contributed by atoms with van der Waals surface area (Å²) in [6.45, 7) is 1.93. The van der Waals surface area contributed by atoms with E-state index in [1.54, 1.807) is 12.1 Å². The van der Waals surface area contributed by atoms with Gasteiger partial charge in [-0.25, -0.2) is 0 Å². The molecular weight excluding hydrogens is 212 g/mol. The average Bonchev–Trinajstić information content (AvgIpc) is 2.15. The molecule has 1 N–H and O–H groups in total. The second kappa shape index (κ2) is 3.32. The van der Waals surface area contributed by atoms with Crippen molar-refractivity contribution in [2.75, 3.05) is 0 Å². The number of hydrogen-bond acceptors (Lipinski definition) is 2. The van der Waals surface area contributed by atoms with E-state index in [-0.39, 0.29) is 4.90 Å². The fourth-order valence-electron chi connectivity index (χ4n) is 1.60. The molecule has 78 valence electrons. The summed E-state index contributed by atoms with van der Waals surface area (Å²) < 4.78 is 31.2. The molecule has 0 amide bonds. The molecule has 0 aliphatic carbocycles. The third-order valence-electron chi connectivity index (χ3n) is 2.27. The maximum Gasteiger partial charge on any atom is 0.295 e. The summed E-state index contributed by atoms with van der Waals surface area (Å²) in [6, 6.07) is 10.2. The van der Waals surface area contributed by atoms with E-state index < -0.39 is 10.1 Å². The van der Waals surface area contributed by atoms with Crippen molar-refractivity contribution in [3.05, 3.63) is 42.0 Å². The average molecular weight is 222 g/mol. The van der Waals surface area contributed by atoms with Gasteiger partial charge in [0.2, 0.25) is 0 Å². The zero-order valence-corrected chi connectivity index (χ0v) is 8.95. The molecule has 0 fully saturated rings. The van der Waals surface area contributed by atoms with E-state index in [0.29, 0.717) is 5.39 Å². The maximum absolute atomic E-state index is 11.1. The molecule has 2 aromatic rings. The molecule has 0 radical (unpaired) electrons. The Labute approximate surface area is 88.1 Å². The molecule has 0 unspecified atom stereocenters. The molecule has 3 nitrogen and oxygen atoms in total. The van der Waals surface area contributed by atoms with Crippen LogP contribution in [-0.4, -0.2) is 13.0 Å². The molecule has 0 heterocycles. The summed E-state index contributed by atoms with van der Waals surface area (Å²) in [5.74, 6) is 0. The second-order valence-electron chi connectivity index (χ2n) is 3.46. The van der Waals surface area contributed by atoms with Crippen LogP contribution in [0.15, 0.2) is 41.3 Å². The van der Waals surface area contributed by atoms with E-state index in [0.717, 1.165) is 10.9 Å². The lowest BCUT2D eigenvalue weighted by Gasteiger charge is -2.04. The highest BCUT2D eigenvalue weighted by Gasteiger charge is 2.12. The Morgan fingerprint density at radius 2 is 1.87 bits per heavy atom. The van der Waals surface area contributed by atoms with Crippen molar-refractivity contribution in [1.82, 2.24) is 0 Å². The molecule has 0 spiro atoms. The minimum absolute atomic E-state index is 0.0417. The van der Waals surface area contributed by atoms with Crippen molar-refractivity contribution >= 4 is 20.9 Å². The Balaban J connectivity index is 2.89. The van der Waals surface area contributed by atoms with Crippen LogP contribution in [0.5, 0.6) is 0 Å². The highest BCUT2D eigenvalue weighted by molar-refractivity contribution is 7.86. The summed E-state index contributed by atoms with van der Waals surface area (Å²) in [5.41, 5.74) is 1.05. The highest BCUT2D eigenvalue weighted by Crippen LogP contribution is 2.23. The van der Waals surface area contributed by atoms with Crippen LogP contribution in [0.4, 0.5) is 0 Å². The molecular formula is C11H10O3S. The number of benzene rings is 2. The molecule has 4 heteroatoms. The molecule has 0 bridgehead atoms. The molecule has 0 aliphatic rings. The van der Waals surface area contributed by atoms with Gasteiger partial charge >= 0.3 is 0 Å². The lowest BCUT2D eigenvalue weighted by atomic mass is 10.1. The standard InChI is InChI=1S/C11H10O3S/c1-8-5-6-10-9(7-8)3-2-4-11(10)15(12,13)14/h2-7H,1H3,(H,12,13,14). The van der Waals surface area contributed by atoms with E-state index in [4.69, 9.17) is 4.55 Å². The summed E-state index contributed by atoms with van der Waals surface area (Å²) >= 11 is 0. The van der Waals surface area contributed by atoms with Gasteiger partial charge in [0.25, 0.3) is 10.1 Å². The number of hydrogen-bond donors (Lipinski definition) is 1. The summed E-state index contributed by atoms with van der Waals surface area (Å²) in [5, 5.41) is 1.36. The molecule has 0 atom stereocenters. The van der Waals surface area contributed by atoms with E-state index in [1.165, 1.54) is 6.07 Å². The van der Waals surface area contributed by atoms with Crippen molar-refractivity contribution in [2.24, 2.45) is 0 Å². The second-order valence-corrected chi connectivity index (χ2v) is 4.85. The van der Waals surface area contributed by atoms with Crippen LogP contribution in [0.3, 0.4) is 0 Å². The van der Waals surface area contributed by atoms with Gasteiger partial charge in [-0.05, 0) is 18.4 Å². The molecule has 2 rings (SSSR count). The van der Waals surface area contributed by atoms with Crippen LogP contribution >= 0.6 is 0 Å². The number of fused-ring (bicyclic) bond motifs is 1. The van der Waals surface area contributed by atoms with Gasteiger partial charge in [-0.3, -0.25) is 4.55 Å². The van der Waals surface area contributed by atoms with Gasteiger partial charge in [-0.1, -0.05) is 35.9 Å². The van der Waals surface area contributed by atoms with Gasteiger partial charge in [0.15, 0.2) is 0 Å². The molecule has 15 heavy (non-hydrogen) atoms. The van der Waals surface area contributed by atoms with Crippen molar-refractivity contribution in [2.45, 2.75) is 11.8 Å². The zero-order valence-electron chi connectivity index (χ0n) is 8.14. The van der Waals surface area contributed by atoms with E-state index in [1.807, 2.05) is 25.1 Å². The fraction of sp³-hybridized carbons (Fsp3) is 0.0909. The number of rotatable bonds is 1. The van der Waals surface area contributed by atoms with E-state index in [9.17, 15) is 8.42 Å². The van der Waals surface area contributed by atoms with Crippen LogP contribution in [0, 0.1) is 6.92 Å². The number of aryl methyl sites for hydroxylation is 1. The Hall–Kier alpha value is -1.39. The van der Waals surface area contributed by atoms with Crippen molar-refractivity contribution in [3.8, 4) is 0 Å². The predicted octanol–water partition coefficient (Wildman–Crippen LogP) is 2.39. The van der Waals surface area contributed by atoms with Crippen molar-refractivity contribution in [1.29, 1.82) is 0 Å². The van der Waals surface area contributed by atoms with Gasteiger partial charge in [0.05, 0.1) is 0 Å². The largest absolute Gasteiger partial charge is 0.295 e. The maximum atomic E-state index is 11.1. The predicted molar refractivity (Wildman–Crippen MR) is 58.5 cm³/mol. The third kappa shape index (κ3) is 1.86. The summed E-state index contributed by atoms with van der Waals surface area (Å²) in [6.07, 6.45) is 0. The normalized spacial score (nSPS) is 11.9. The first-order valence-corrected chi connectivity index (χ1v) is 5.89. The van der Waals surface area contributed by atoms with Crippen LogP contribution in [0.1, 0.15) is 5.56 Å². The van der Waals surface area contributed by atoms with E-state index >= 15 is 0 Å². The molecule has 0 aliphatic heterocycles. The lowest BCUT2D eigenvalue weighted by Crippen LogP contribution is -1.98. The van der Waals surface area contributed by atoms with E-state index in [2.05, 4.69) is 0 Å². The first kappa shape index (κ1) is 10.1. The minimum Gasteiger partial charge on any atom is -0.282 e. The van der Waals surface area contributed by atoms with Gasteiger partial charge in [-0.2, -0.15) is 8.42 Å². The monoisotopic (exact) mass is 222 g/mol. The molecule has 0 aromatic heterocycles. The van der Waals surface area contributed by atoms with Crippen LogP contribution in [-0.2, 0) is 10.1 Å². The van der Waals surface area contributed by atoms with Crippen LogP contribution < -0.4 is 0 Å². The van der Waals surface area contributed by atoms with Crippen molar-refractivity contribution in [3.63, 3.8) is 0 Å². The Kier molecular flexibility index (Phi) is 2.25. The summed E-state index contributed by atoms with van der Waals surface area (Å²) in [7, 11) is -4.14. The Morgan fingerprint density at radius 1 is 1.13 bits per heavy atom. The van der Waals surface area contributed by atoms with Crippen LogP contribution in [0.2, 0.25) is 0 Å². The summed E-state index contributed by atoms with van der Waals surface area (Å²) in [4.78, 5) is -0.0417. The molecule has 0 saturated heterocycles. The molecule has 2 aromatic carbocycles. The fourth-order valence-corrected chi connectivity index (χ4v) is 2.31. The Bertz CT molecular complexity index is 615. The van der Waals surface area contributed by atoms with Crippen molar-refractivity contribution < 1.29 is 13.0 Å². The van der Waals surface area contributed by atoms with Crippen LogP contribution in [0.25, 0.3) is 10.8 Å². The first-order chi connectivity index (χ1) is 6.98. The topological polar surface area (TPSA) is 54.4 Å². The molecule has 0 saturated carbocycles. The first-order valence-electron chi connectivity index (χ1n) is 4.45. The minimum atomic E-state index is -4.14. The highest BCUT2D eigenvalue weighted by atomic mass is 32.2. The van der Waals surface area contributed by atoms with Gasteiger partial charge < -0.3 is 0 Å². The SMILES string of the molecule is Cc1ccc2c(S(=O)(=O)O)cccc2c1. The smallest absolute Gasteiger partial charge is 0.282 e. The van der Waals surface area contributed by atoms with Gasteiger partial charge in [0, 0.05) is 5.39 Å². The van der Waals surface area contributed by atoms with Gasteiger partial charge in [-0.15, -0.1) is 0 Å². The lowest BCUT2D eigenvalue weighted by molar-refractivity contribution is 0.484.